The van der Waals surface area contributed by atoms with Gasteiger partial charge in [0, 0.05) is 12.5 Å². The third kappa shape index (κ3) is 5.74. The molecule has 3 N–H and O–H groups in total. The van der Waals surface area contributed by atoms with E-state index >= 15 is 0 Å². The molecule has 1 amide bonds. The van der Waals surface area contributed by atoms with E-state index in [2.05, 4.69) is 5.32 Å². The average Bonchev–Trinajstić information content (AvgIpc) is 2.49. The van der Waals surface area contributed by atoms with Crippen molar-refractivity contribution in [2.45, 2.75) is 33.8 Å². The summed E-state index contributed by atoms with van der Waals surface area (Å²) in [6.07, 6.45) is 0.376. The summed E-state index contributed by atoms with van der Waals surface area (Å²) in [5.74, 6) is -1.47. The monoisotopic (exact) mass is 348 g/mol. The molecule has 0 aliphatic heterocycles. The van der Waals surface area contributed by atoms with Crippen molar-refractivity contribution in [3.8, 4) is 5.75 Å². The number of hydrogen-bond donors (Lipinski definition) is 2. The van der Waals surface area contributed by atoms with Gasteiger partial charge >= 0.3 is 0 Å². The van der Waals surface area contributed by atoms with Crippen molar-refractivity contribution in [2.24, 2.45) is 5.41 Å². The minimum Gasteiger partial charge on any atom is -0.489 e. The van der Waals surface area contributed by atoms with Gasteiger partial charge < -0.3 is 15.8 Å². The number of amides is 1. The quantitative estimate of drug-likeness (QED) is 0.782. The molecule has 4 nitrogen and oxygen atoms in total. The van der Waals surface area contributed by atoms with Crippen LogP contribution in [0.15, 0.2) is 36.4 Å². The molecule has 0 aliphatic carbocycles. The topological polar surface area (TPSA) is 64.3 Å². The van der Waals surface area contributed by atoms with Crippen LogP contribution < -0.4 is 15.8 Å². The lowest BCUT2D eigenvalue weighted by molar-refractivity contribution is -0.117. The van der Waals surface area contributed by atoms with Gasteiger partial charge in [0.15, 0.2) is 11.6 Å². The predicted molar refractivity (Wildman–Crippen MR) is 94.2 cm³/mol. The van der Waals surface area contributed by atoms with Gasteiger partial charge in [-0.3, -0.25) is 4.79 Å². The smallest absolute Gasteiger partial charge is 0.224 e. The Morgan fingerprint density at radius 2 is 1.84 bits per heavy atom. The minimum atomic E-state index is -0.919. The minimum absolute atomic E-state index is 0.0758. The lowest BCUT2D eigenvalue weighted by Crippen LogP contribution is -2.20. The van der Waals surface area contributed by atoms with Crippen LogP contribution in [0.5, 0.6) is 5.75 Å². The highest BCUT2D eigenvalue weighted by atomic mass is 19.2. The number of rotatable bonds is 5. The first-order valence-electron chi connectivity index (χ1n) is 7.90. The lowest BCUT2D eigenvalue weighted by atomic mass is 9.92. The predicted octanol–water partition coefficient (Wildman–Crippen LogP) is 4.50. The molecule has 0 heterocycles. The zero-order valence-corrected chi connectivity index (χ0v) is 14.5. The number of carbonyl (C=O) groups is 1. The number of hydrogen-bond acceptors (Lipinski definition) is 3. The van der Waals surface area contributed by atoms with Crippen molar-refractivity contribution in [3.05, 3.63) is 53.6 Å². The molecule has 0 aliphatic rings. The van der Waals surface area contributed by atoms with Gasteiger partial charge in [-0.2, -0.15) is 0 Å². The van der Waals surface area contributed by atoms with Crippen LogP contribution in [-0.4, -0.2) is 5.91 Å². The molecule has 25 heavy (non-hydrogen) atoms. The maximum Gasteiger partial charge on any atom is 0.224 e. The number of benzene rings is 2. The third-order valence-electron chi connectivity index (χ3n) is 3.38. The summed E-state index contributed by atoms with van der Waals surface area (Å²) in [5.41, 5.74) is 7.20. The Morgan fingerprint density at radius 3 is 2.44 bits per heavy atom. The second kappa shape index (κ2) is 7.51. The van der Waals surface area contributed by atoms with E-state index in [4.69, 9.17) is 10.5 Å². The van der Waals surface area contributed by atoms with Crippen LogP contribution in [0, 0.1) is 17.0 Å². The largest absolute Gasteiger partial charge is 0.489 e. The maximum absolute atomic E-state index is 13.2. The van der Waals surface area contributed by atoms with Gasteiger partial charge in [0.2, 0.25) is 5.91 Å². The van der Waals surface area contributed by atoms with Crippen molar-refractivity contribution >= 4 is 17.3 Å². The number of anilines is 2. The van der Waals surface area contributed by atoms with Crippen LogP contribution in [0.3, 0.4) is 0 Å². The van der Waals surface area contributed by atoms with Gasteiger partial charge in [-0.1, -0.05) is 26.8 Å². The van der Waals surface area contributed by atoms with Crippen molar-refractivity contribution in [2.75, 3.05) is 11.1 Å². The molecule has 2 rings (SSSR count). The van der Waals surface area contributed by atoms with Crippen molar-refractivity contribution in [3.63, 3.8) is 0 Å². The normalized spacial score (nSPS) is 11.2. The van der Waals surface area contributed by atoms with E-state index in [1.54, 1.807) is 18.2 Å². The Kier molecular flexibility index (Phi) is 5.62. The highest BCUT2D eigenvalue weighted by Crippen LogP contribution is 2.26. The number of nitrogens with two attached hydrogens (primary N) is 1. The van der Waals surface area contributed by atoms with Gasteiger partial charge in [-0.05, 0) is 35.2 Å². The summed E-state index contributed by atoms with van der Waals surface area (Å²) >= 11 is 0. The fraction of sp³-hybridized carbons (Fsp3) is 0.316. The lowest BCUT2D eigenvalue weighted by Gasteiger charge is -2.18. The molecule has 2 aromatic carbocycles. The molecule has 6 heteroatoms. The second-order valence-electron chi connectivity index (χ2n) is 7.07. The number of nitrogens with one attached hydrogen (secondary N) is 1. The molecule has 0 bridgehead atoms. The van der Waals surface area contributed by atoms with Gasteiger partial charge in [-0.25, -0.2) is 8.78 Å². The molecule has 0 atom stereocenters. The van der Waals surface area contributed by atoms with E-state index in [1.807, 2.05) is 20.8 Å². The number of nitrogen functional groups attached to an aromatic ring is 1. The summed E-state index contributed by atoms with van der Waals surface area (Å²) < 4.78 is 31.6. The fourth-order valence-electron chi connectivity index (χ4n) is 2.22. The van der Waals surface area contributed by atoms with Gasteiger partial charge in [0.05, 0.1) is 11.4 Å². The molecule has 0 fully saturated rings. The van der Waals surface area contributed by atoms with Crippen molar-refractivity contribution < 1.29 is 18.3 Å². The van der Waals surface area contributed by atoms with E-state index in [-0.39, 0.29) is 17.9 Å². The Hall–Kier alpha value is -2.63. The zero-order valence-electron chi connectivity index (χ0n) is 14.5. The summed E-state index contributed by atoms with van der Waals surface area (Å²) in [4.78, 5) is 12.0. The summed E-state index contributed by atoms with van der Waals surface area (Å²) in [7, 11) is 0. The van der Waals surface area contributed by atoms with E-state index in [9.17, 15) is 13.6 Å². The molecule has 134 valence electrons. The standard InChI is InChI=1S/C19H22F2N2O2/c1-19(2,3)10-18(24)23-17-7-5-13(9-16(17)22)25-11-12-4-6-14(20)15(21)8-12/h4-9H,10-11,22H2,1-3H3,(H,23,24). The summed E-state index contributed by atoms with van der Waals surface area (Å²) in [5, 5.41) is 2.77. The van der Waals surface area contributed by atoms with Gasteiger partial charge in [0.1, 0.15) is 12.4 Å². The average molecular weight is 348 g/mol. The van der Waals surface area contributed by atoms with E-state index in [1.165, 1.54) is 6.07 Å². The molecule has 0 radical (unpaired) electrons. The zero-order chi connectivity index (χ0) is 18.6. The SMILES string of the molecule is CC(C)(C)CC(=O)Nc1ccc(OCc2ccc(F)c(F)c2)cc1N. The van der Waals surface area contributed by atoms with E-state index in [0.717, 1.165) is 12.1 Å². The molecule has 0 saturated carbocycles. The molecular weight excluding hydrogens is 326 g/mol. The highest BCUT2D eigenvalue weighted by Gasteiger charge is 2.16. The summed E-state index contributed by atoms with van der Waals surface area (Å²) in [6.45, 7) is 6.01. The van der Waals surface area contributed by atoms with Crippen molar-refractivity contribution in [1.29, 1.82) is 0 Å². The summed E-state index contributed by atoms with van der Waals surface area (Å²) in [6, 6.07) is 8.46. The molecule has 0 saturated heterocycles. The Labute approximate surface area is 146 Å². The third-order valence-corrected chi connectivity index (χ3v) is 3.38. The van der Waals surface area contributed by atoms with E-state index < -0.39 is 11.6 Å². The first-order valence-corrected chi connectivity index (χ1v) is 7.90. The van der Waals surface area contributed by atoms with Crippen LogP contribution >= 0.6 is 0 Å². The van der Waals surface area contributed by atoms with Crippen LogP contribution in [-0.2, 0) is 11.4 Å². The van der Waals surface area contributed by atoms with Gasteiger partial charge in [-0.15, -0.1) is 0 Å². The van der Waals surface area contributed by atoms with Crippen LogP contribution in [0.4, 0.5) is 20.2 Å². The molecular formula is C19H22F2N2O2. The molecule has 0 aromatic heterocycles. The van der Waals surface area contributed by atoms with Crippen LogP contribution in [0.25, 0.3) is 0 Å². The molecule has 0 spiro atoms. The van der Waals surface area contributed by atoms with Crippen molar-refractivity contribution in [1.82, 2.24) is 0 Å². The number of ether oxygens (including phenoxy) is 1. The molecule has 0 unspecified atom stereocenters. The maximum atomic E-state index is 13.2. The van der Waals surface area contributed by atoms with Crippen LogP contribution in [0.1, 0.15) is 32.8 Å². The van der Waals surface area contributed by atoms with Gasteiger partial charge in [0.25, 0.3) is 0 Å². The number of carbonyl (C=O) groups excluding carboxylic acids is 1. The molecule has 2 aromatic rings. The first-order chi connectivity index (χ1) is 11.6. The van der Waals surface area contributed by atoms with Crippen LogP contribution in [0.2, 0.25) is 0 Å². The second-order valence-corrected chi connectivity index (χ2v) is 7.07. The van der Waals surface area contributed by atoms with E-state index in [0.29, 0.717) is 29.1 Å². The Balaban J connectivity index is 1.99. The fourth-order valence-corrected chi connectivity index (χ4v) is 2.22. The highest BCUT2D eigenvalue weighted by molar-refractivity contribution is 5.94. The Bertz CT molecular complexity index is 771. The first kappa shape index (κ1) is 18.7. The number of halogens is 2. The Morgan fingerprint density at radius 1 is 1.12 bits per heavy atom.